The number of ether oxygens (including phenoxy) is 1. The minimum absolute atomic E-state index is 0.226. The van der Waals surface area contributed by atoms with Crippen LogP contribution in [0.25, 0.3) is 0 Å². The fourth-order valence-corrected chi connectivity index (χ4v) is 2.85. The van der Waals surface area contributed by atoms with Crippen LogP contribution in [-0.2, 0) is 4.79 Å². The number of nitrogens with zero attached hydrogens (tertiary/aromatic N) is 2. The zero-order chi connectivity index (χ0) is 16.3. The van der Waals surface area contributed by atoms with Crippen LogP contribution in [-0.4, -0.2) is 35.4 Å². The van der Waals surface area contributed by atoms with E-state index in [0.717, 1.165) is 24.6 Å². The molecule has 1 aromatic rings. The molecule has 2 unspecified atom stereocenters. The summed E-state index contributed by atoms with van der Waals surface area (Å²) in [6, 6.07) is 2.94. The number of rotatable bonds is 4. The van der Waals surface area contributed by atoms with Gasteiger partial charge in [-0.2, -0.15) is 0 Å². The molecule has 0 radical (unpaired) electrons. The molecular weight excluding hydrogens is 291 g/mol. The maximum atomic E-state index is 13.2. The molecule has 1 saturated heterocycles. The van der Waals surface area contributed by atoms with Crippen LogP contribution in [0.3, 0.4) is 0 Å². The van der Waals surface area contributed by atoms with Crippen molar-refractivity contribution in [2.24, 2.45) is 11.8 Å². The number of nitro benzene ring substituents is 1. The molecule has 2 rings (SSSR count). The molecule has 0 aliphatic carbocycles. The van der Waals surface area contributed by atoms with Crippen molar-refractivity contribution in [2.75, 3.05) is 19.7 Å². The van der Waals surface area contributed by atoms with Gasteiger partial charge in [-0.1, -0.05) is 13.8 Å². The van der Waals surface area contributed by atoms with E-state index in [1.807, 2.05) is 0 Å². The third-order valence-electron chi connectivity index (χ3n) is 3.69. The Bertz CT molecular complexity index is 569. The fraction of sp³-hybridized carbons (Fsp3) is 0.533. The second-order valence-corrected chi connectivity index (χ2v) is 5.90. The van der Waals surface area contributed by atoms with Crippen LogP contribution in [0.2, 0.25) is 0 Å². The Morgan fingerprint density at radius 2 is 2.05 bits per heavy atom. The monoisotopic (exact) mass is 310 g/mol. The lowest BCUT2D eigenvalue weighted by Crippen LogP contribution is -2.44. The number of carbonyl (C=O) groups is 1. The Kier molecular flexibility index (Phi) is 4.95. The molecule has 0 spiro atoms. The van der Waals surface area contributed by atoms with E-state index in [1.165, 1.54) is 0 Å². The van der Waals surface area contributed by atoms with Crippen LogP contribution in [0, 0.1) is 27.8 Å². The van der Waals surface area contributed by atoms with E-state index in [4.69, 9.17) is 4.74 Å². The van der Waals surface area contributed by atoms with E-state index in [2.05, 4.69) is 13.8 Å². The van der Waals surface area contributed by atoms with Crippen LogP contribution in [0.4, 0.5) is 10.1 Å². The van der Waals surface area contributed by atoms with E-state index in [-0.39, 0.29) is 24.0 Å². The zero-order valence-electron chi connectivity index (χ0n) is 12.6. The highest BCUT2D eigenvalue weighted by molar-refractivity contribution is 5.78. The highest BCUT2D eigenvalue weighted by atomic mass is 19.1. The number of benzene rings is 1. The van der Waals surface area contributed by atoms with Crippen molar-refractivity contribution in [3.8, 4) is 5.75 Å². The average molecular weight is 310 g/mol. The van der Waals surface area contributed by atoms with Crippen LogP contribution < -0.4 is 4.74 Å². The molecule has 0 N–H and O–H groups in total. The first-order valence-electron chi connectivity index (χ1n) is 7.21. The number of carbonyl (C=O) groups excluding carboxylic acids is 1. The van der Waals surface area contributed by atoms with Crippen LogP contribution in [0.1, 0.15) is 20.3 Å². The van der Waals surface area contributed by atoms with Gasteiger partial charge in [-0.3, -0.25) is 14.9 Å². The molecule has 0 aromatic heterocycles. The molecule has 1 fully saturated rings. The summed E-state index contributed by atoms with van der Waals surface area (Å²) in [4.78, 5) is 24.1. The summed E-state index contributed by atoms with van der Waals surface area (Å²) in [5.74, 6) is -0.283. The Balaban J connectivity index is 2.02. The lowest BCUT2D eigenvalue weighted by molar-refractivity contribution is -0.385. The average Bonchev–Trinajstić information content (AvgIpc) is 2.43. The van der Waals surface area contributed by atoms with Gasteiger partial charge < -0.3 is 9.64 Å². The third-order valence-corrected chi connectivity index (χ3v) is 3.69. The van der Waals surface area contributed by atoms with Crippen LogP contribution in [0.15, 0.2) is 18.2 Å². The van der Waals surface area contributed by atoms with Gasteiger partial charge in [0.05, 0.1) is 4.92 Å². The lowest BCUT2D eigenvalue weighted by atomic mass is 9.92. The predicted octanol–water partition coefficient (Wildman–Crippen LogP) is 2.62. The summed E-state index contributed by atoms with van der Waals surface area (Å²) in [6.45, 7) is 5.13. The number of likely N-dealkylation sites (tertiary alicyclic amines) is 1. The molecule has 2 atom stereocenters. The molecule has 7 heteroatoms. The van der Waals surface area contributed by atoms with Gasteiger partial charge in [0.15, 0.2) is 6.61 Å². The topological polar surface area (TPSA) is 72.7 Å². The maximum absolute atomic E-state index is 13.2. The summed E-state index contributed by atoms with van der Waals surface area (Å²) in [5.41, 5.74) is -0.352. The van der Waals surface area contributed by atoms with Gasteiger partial charge in [0.2, 0.25) is 5.75 Å². The van der Waals surface area contributed by atoms with Crippen molar-refractivity contribution in [1.82, 2.24) is 4.90 Å². The van der Waals surface area contributed by atoms with Crippen molar-refractivity contribution >= 4 is 11.6 Å². The van der Waals surface area contributed by atoms with Crippen molar-refractivity contribution in [2.45, 2.75) is 20.3 Å². The molecule has 1 aliphatic rings. The van der Waals surface area contributed by atoms with Crippen molar-refractivity contribution in [3.63, 3.8) is 0 Å². The Labute approximate surface area is 128 Å². The molecule has 1 amide bonds. The second kappa shape index (κ2) is 6.72. The summed E-state index contributed by atoms with van der Waals surface area (Å²) in [5, 5.41) is 10.9. The summed E-state index contributed by atoms with van der Waals surface area (Å²) >= 11 is 0. The zero-order valence-corrected chi connectivity index (χ0v) is 12.6. The normalized spacial score (nSPS) is 21.5. The molecule has 1 heterocycles. The van der Waals surface area contributed by atoms with Gasteiger partial charge in [-0.25, -0.2) is 4.39 Å². The molecule has 22 heavy (non-hydrogen) atoms. The fourth-order valence-electron chi connectivity index (χ4n) is 2.85. The molecule has 6 nitrogen and oxygen atoms in total. The highest BCUT2D eigenvalue weighted by Crippen LogP contribution is 2.27. The molecule has 0 saturated carbocycles. The predicted molar refractivity (Wildman–Crippen MR) is 78.1 cm³/mol. The van der Waals surface area contributed by atoms with Gasteiger partial charge in [-0.05, 0) is 24.3 Å². The van der Waals surface area contributed by atoms with E-state index in [1.54, 1.807) is 4.90 Å². The van der Waals surface area contributed by atoms with Gasteiger partial charge >= 0.3 is 5.69 Å². The molecule has 1 aromatic carbocycles. The number of hydrogen-bond donors (Lipinski definition) is 0. The number of piperidine rings is 1. The first-order chi connectivity index (χ1) is 10.4. The molecule has 0 bridgehead atoms. The Morgan fingerprint density at radius 3 is 2.64 bits per heavy atom. The first kappa shape index (κ1) is 16.2. The van der Waals surface area contributed by atoms with Gasteiger partial charge in [-0.15, -0.1) is 0 Å². The van der Waals surface area contributed by atoms with Gasteiger partial charge in [0.1, 0.15) is 5.82 Å². The van der Waals surface area contributed by atoms with E-state index < -0.39 is 10.7 Å². The van der Waals surface area contributed by atoms with Crippen molar-refractivity contribution in [1.29, 1.82) is 0 Å². The van der Waals surface area contributed by atoms with Crippen molar-refractivity contribution in [3.05, 3.63) is 34.1 Å². The Morgan fingerprint density at radius 1 is 1.41 bits per heavy atom. The molecular formula is C15H19FN2O4. The number of hydrogen-bond acceptors (Lipinski definition) is 4. The summed E-state index contributed by atoms with van der Waals surface area (Å²) < 4.78 is 18.4. The smallest absolute Gasteiger partial charge is 0.311 e. The van der Waals surface area contributed by atoms with Gasteiger partial charge in [0, 0.05) is 25.2 Å². The van der Waals surface area contributed by atoms with Crippen LogP contribution >= 0.6 is 0 Å². The number of amides is 1. The Hall–Kier alpha value is -2.18. The number of nitro groups is 1. The summed E-state index contributed by atoms with van der Waals surface area (Å²) in [6.07, 6.45) is 1.07. The lowest BCUT2D eigenvalue weighted by Gasteiger charge is -2.34. The summed E-state index contributed by atoms with van der Waals surface area (Å²) in [7, 11) is 0. The minimum Gasteiger partial charge on any atom is -0.477 e. The maximum Gasteiger partial charge on any atom is 0.311 e. The largest absolute Gasteiger partial charge is 0.477 e. The van der Waals surface area contributed by atoms with E-state index in [9.17, 15) is 19.3 Å². The highest BCUT2D eigenvalue weighted by Gasteiger charge is 2.26. The number of halogens is 1. The second-order valence-electron chi connectivity index (χ2n) is 5.90. The van der Waals surface area contributed by atoms with E-state index in [0.29, 0.717) is 24.9 Å². The SMILES string of the molecule is CC1CC(C)CN(C(=O)COc2cc(F)ccc2[N+](=O)[O-])C1. The quantitative estimate of drug-likeness (QED) is 0.633. The van der Waals surface area contributed by atoms with Crippen molar-refractivity contribution < 1.29 is 18.8 Å². The molecule has 1 aliphatic heterocycles. The van der Waals surface area contributed by atoms with Gasteiger partial charge in [0.25, 0.3) is 5.91 Å². The van der Waals surface area contributed by atoms with E-state index >= 15 is 0 Å². The molecule has 120 valence electrons. The van der Waals surface area contributed by atoms with Crippen LogP contribution in [0.5, 0.6) is 5.75 Å². The third kappa shape index (κ3) is 3.93. The standard InChI is InChI=1S/C15H19FN2O4/c1-10-5-11(2)8-17(7-10)15(19)9-22-14-6-12(16)3-4-13(14)18(20)21/h3-4,6,10-11H,5,7-9H2,1-2H3. The first-order valence-corrected chi connectivity index (χ1v) is 7.21. The minimum atomic E-state index is -0.662.